The first-order valence-electron chi connectivity index (χ1n) is 6.11. The van der Waals surface area contributed by atoms with E-state index in [2.05, 4.69) is 0 Å². The Balaban J connectivity index is 2.21. The van der Waals surface area contributed by atoms with Gasteiger partial charge in [0.1, 0.15) is 0 Å². The maximum Gasteiger partial charge on any atom is 0.309 e. The Kier molecular flexibility index (Phi) is 3.54. The molecule has 19 heavy (non-hydrogen) atoms. The molecule has 5 heteroatoms. The van der Waals surface area contributed by atoms with Gasteiger partial charge in [-0.25, -0.2) is 0 Å². The number of amides is 1. The number of anilines is 1. The average Bonchev–Trinajstić information content (AvgIpc) is 2.73. The van der Waals surface area contributed by atoms with Crippen LogP contribution in [0.1, 0.15) is 20.3 Å². The van der Waals surface area contributed by atoms with Gasteiger partial charge in [0.2, 0.25) is 5.91 Å². The van der Waals surface area contributed by atoms with Crippen LogP contribution in [0.2, 0.25) is 5.02 Å². The Morgan fingerprint density at radius 3 is 2.47 bits per heavy atom. The fraction of sp³-hybridized carbons (Fsp3) is 0.429. The van der Waals surface area contributed by atoms with Crippen molar-refractivity contribution in [3.8, 4) is 0 Å². The van der Waals surface area contributed by atoms with Crippen LogP contribution in [0.15, 0.2) is 24.3 Å². The van der Waals surface area contributed by atoms with Crippen LogP contribution in [0.25, 0.3) is 0 Å². The van der Waals surface area contributed by atoms with Crippen molar-refractivity contribution in [2.75, 3.05) is 11.4 Å². The number of hydrogen-bond donors (Lipinski definition) is 1. The van der Waals surface area contributed by atoms with Gasteiger partial charge in [0.25, 0.3) is 0 Å². The predicted molar refractivity (Wildman–Crippen MR) is 73.3 cm³/mol. The van der Waals surface area contributed by atoms with E-state index in [0.717, 1.165) is 5.69 Å². The molecule has 1 saturated heterocycles. The Morgan fingerprint density at radius 1 is 1.37 bits per heavy atom. The quantitative estimate of drug-likeness (QED) is 0.927. The number of carbonyl (C=O) groups is 2. The molecular formula is C14H16ClNO3. The van der Waals surface area contributed by atoms with Gasteiger partial charge in [-0.05, 0) is 38.1 Å². The zero-order valence-electron chi connectivity index (χ0n) is 10.9. The van der Waals surface area contributed by atoms with E-state index in [1.54, 1.807) is 43.0 Å². The van der Waals surface area contributed by atoms with Crippen molar-refractivity contribution >= 4 is 29.2 Å². The lowest BCUT2D eigenvalue weighted by Gasteiger charge is -2.26. The van der Waals surface area contributed by atoms with Crippen LogP contribution in [0, 0.1) is 11.3 Å². The Bertz CT molecular complexity index is 510. The Hall–Kier alpha value is -1.55. The van der Waals surface area contributed by atoms with Crippen LogP contribution in [0.4, 0.5) is 5.69 Å². The van der Waals surface area contributed by atoms with Crippen molar-refractivity contribution in [2.45, 2.75) is 20.3 Å². The zero-order valence-corrected chi connectivity index (χ0v) is 11.6. The smallest absolute Gasteiger partial charge is 0.309 e. The van der Waals surface area contributed by atoms with E-state index in [4.69, 9.17) is 11.6 Å². The molecule has 1 N–H and O–H groups in total. The number of nitrogens with zero attached hydrogens (tertiary/aromatic N) is 1. The van der Waals surface area contributed by atoms with E-state index < -0.39 is 11.4 Å². The standard InChI is InChI=1S/C14H16ClNO3/c1-14(2,13(18)19)9-7-12(17)16(8-9)11-5-3-10(15)4-6-11/h3-6,9H,7-8H2,1-2H3,(H,18,19)/t9-/m0/s1. The molecule has 1 fully saturated rings. The van der Waals surface area contributed by atoms with Crippen LogP contribution in [0.3, 0.4) is 0 Å². The van der Waals surface area contributed by atoms with Crippen molar-refractivity contribution in [3.63, 3.8) is 0 Å². The molecule has 0 aliphatic carbocycles. The Morgan fingerprint density at radius 2 is 1.95 bits per heavy atom. The van der Waals surface area contributed by atoms with Crippen molar-refractivity contribution in [1.82, 2.24) is 0 Å². The summed E-state index contributed by atoms with van der Waals surface area (Å²) in [5.41, 5.74) is -0.144. The normalized spacial score (nSPS) is 19.8. The number of rotatable bonds is 3. The van der Waals surface area contributed by atoms with Crippen molar-refractivity contribution in [3.05, 3.63) is 29.3 Å². The number of carboxylic acid groups (broad SMARTS) is 1. The van der Waals surface area contributed by atoms with E-state index in [1.807, 2.05) is 0 Å². The van der Waals surface area contributed by atoms with Gasteiger partial charge in [0.05, 0.1) is 5.41 Å². The highest BCUT2D eigenvalue weighted by Crippen LogP contribution is 2.37. The number of halogens is 1. The number of carboxylic acids is 1. The third-order valence-corrected chi connectivity index (χ3v) is 4.09. The summed E-state index contributed by atoms with van der Waals surface area (Å²) in [4.78, 5) is 24.9. The monoisotopic (exact) mass is 281 g/mol. The lowest BCUT2D eigenvalue weighted by molar-refractivity contribution is -0.149. The molecule has 2 rings (SSSR count). The molecule has 102 valence electrons. The highest BCUT2D eigenvalue weighted by molar-refractivity contribution is 6.30. The molecule has 0 aromatic heterocycles. The summed E-state index contributed by atoms with van der Waals surface area (Å²) in [6.07, 6.45) is 0.266. The van der Waals surface area contributed by atoms with E-state index in [-0.39, 0.29) is 18.2 Å². The Labute approximate surface area is 117 Å². The molecule has 0 unspecified atom stereocenters. The minimum atomic E-state index is -0.906. The van der Waals surface area contributed by atoms with Crippen molar-refractivity contribution in [2.24, 2.45) is 11.3 Å². The fourth-order valence-electron chi connectivity index (χ4n) is 2.24. The largest absolute Gasteiger partial charge is 0.481 e. The molecule has 1 heterocycles. The maximum atomic E-state index is 12.0. The first-order valence-corrected chi connectivity index (χ1v) is 6.49. The third kappa shape index (κ3) is 2.59. The van der Waals surface area contributed by atoms with Gasteiger partial charge in [-0.3, -0.25) is 9.59 Å². The number of aliphatic carboxylic acids is 1. The van der Waals surface area contributed by atoms with Gasteiger partial charge in [-0.1, -0.05) is 11.6 Å². The lowest BCUT2D eigenvalue weighted by atomic mass is 9.78. The van der Waals surface area contributed by atoms with E-state index in [1.165, 1.54) is 0 Å². The van der Waals surface area contributed by atoms with Crippen LogP contribution in [-0.4, -0.2) is 23.5 Å². The zero-order chi connectivity index (χ0) is 14.2. The lowest BCUT2D eigenvalue weighted by Crippen LogP contribution is -2.35. The van der Waals surface area contributed by atoms with E-state index in [9.17, 15) is 14.7 Å². The molecule has 1 aliphatic heterocycles. The summed E-state index contributed by atoms with van der Waals surface area (Å²) in [7, 11) is 0. The second-order valence-electron chi connectivity index (χ2n) is 5.41. The maximum absolute atomic E-state index is 12.0. The topological polar surface area (TPSA) is 57.6 Å². The molecule has 0 saturated carbocycles. The van der Waals surface area contributed by atoms with Crippen LogP contribution in [0.5, 0.6) is 0 Å². The number of benzene rings is 1. The number of hydrogen-bond acceptors (Lipinski definition) is 2. The molecule has 0 spiro atoms. The summed E-state index contributed by atoms with van der Waals surface area (Å²) >= 11 is 5.82. The van der Waals surface area contributed by atoms with Gasteiger partial charge >= 0.3 is 5.97 Å². The average molecular weight is 282 g/mol. The summed E-state index contributed by atoms with van der Waals surface area (Å²) < 4.78 is 0. The van der Waals surface area contributed by atoms with E-state index >= 15 is 0 Å². The van der Waals surface area contributed by atoms with Gasteiger partial charge in [0.15, 0.2) is 0 Å². The van der Waals surface area contributed by atoms with Crippen LogP contribution < -0.4 is 4.90 Å². The molecule has 1 aliphatic rings. The molecular weight excluding hydrogens is 266 g/mol. The SMILES string of the molecule is CC(C)(C(=O)O)[C@H]1CC(=O)N(c2ccc(Cl)cc2)C1. The number of carbonyl (C=O) groups excluding carboxylic acids is 1. The van der Waals surface area contributed by atoms with Crippen LogP contribution >= 0.6 is 11.6 Å². The van der Waals surface area contributed by atoms with Gasteiger partial charge in [-0.2, -0.15) is 0 Å². The summed E-state index contributed by atoms with van der Waals surface area (Å²) in [6.45, 7) is 3.76. The first kappa shape index (κ1) is 13.9. The fourth-order valence-corrected chi connectivity index (χ4v) is 2.36. The molecule has 1 aromatic rings. The first-order chi connectivity index (χ1) is 8.82. The highest BCUT2D eigenvalue weighted by atomic mass is 35.5. The second kappa shape index (κ2) is 4.85. The molecule has 1 amide bonds. The predicted octanol–water partition coefficient (Wildman–Crippen LogP) is 2.80. The third-order valence-electron chi connectivity index (χ3n) is 3.84. The van der Waals surface area contributed by atoms with Gasteiger partial charge < -0.3 is 10.0 Å². The molecule has 0 bridgehead atoms. The second-order valence-corrected chi connectivity index (χ2v) is 5.85. The van der Waals surface area contributed by atoms with E-state index in [0.29, 0.717) is 11.6 Å². The molecule has 1 atom stereocenters. The van der Waals surface area contributed by atoms with Crippen molar-refractivity contribution in [1.29, 1.82) is 0 Å². The van der Waals surface area contributed by atoms with Crippen LogP contribution in [-0.2, 0) is 9.59 Å². The van der Waals surface area contributed by atoms with Crippen molar-refractivity contribution < 1.29 is 14.7 Å². The minimum Gasteiger partial charge on any atom is -0.481 e. The summed E-state index contributed by atoms with van der Waals surface area (Å²) in [6, 6.07) is 6.99. The molecule has 4 nitrogen and oxygen atoms in total. The molecule has 0 radical (unpaired) electrons. The van der Waals surface area contributed by atoms with Gasteiger partial charge in [-0.15, -0.1) is 0 Å². The summed E-state index contributed by atoms with van der Waals surface area (Å²) in [5.74, 6) is -1.10. The minimum absolute atomic E-state index is 0.0401. The van der Waals surface area contributed by atoms with Gasteiger partial charge in [0, 0.05) is 29.6 Å². The molecule has 1 aromatic carbocycles. The highest BCUT2D eigenvalue weighted by Gasteiger charge is 2.44. The summed E-state index contributed by atoms with van der Waals surface area (Å²) in [5, 5.41) is 9.84.